The van der Waals surface area contributed by atoms with Crippen LogP contribution >= 0.6 is 22.9 Å². The van der Waals surface area contributed by atoms with Crippen LogP contribution in [0.25, 0.3) is 16.3 Å². The quantitative estimate of drug-likeness (QED) is 0.398. The van der Waals surface area contributed by atoms with Gasteiger partial charge in [0.2, 0.25) is 0 Å². The Balaban J connectivity index is 1.24. The van der Waals surface area contributed by atoms with Crippen molar-refractivity contribution in [3.63, 3.8) is 0 Å². The average molecular weight is 494 g/mol. The number of piperazine rings is 1. The number of para-hydroxylation sites is 2. The Morgan fingerprint density at radius 2 is 1.76 bits per heavy atom. The van der Waals surface area contributed by atoms with Gasteiger partial charge in [0.1, 0.15) is 15.8 Å². The van der Waals surface area contributed by atoms with E-state index in [4.69, 9.17) is 21.3 Å². The zero-order valence-corrected chi connectivity index (χ0v) is 20.3. The molecular weight excluding hydrogens is 470 g/mol. The highest BCUT2D eigenvalue weighted by atomic mass is 35.5. The van der Waals surface area contributed by atoms with Gasteiger partial charge < -0.3 is 9.64 Å². The zero-order valence-electron chi connectivity index (χ0n) is 18.7. The molecule has 0 radical (unpaired) electrons. The lowest BCUT2D eigenvalue weighted by molar-refractivity contribution is 0.247. The molecule has 0 atom stereocenters. The number of benzene rings is 2. The zero-order chi connectivity index (χ0) is 23.5. The van der Waals surface area contributed by atoms with Crippen molar-refractivity contribution in [3.05, 3.63) is 87.2 Å². The van der Waals surface area contributed by atoms with E-state index in [1.807, 2.05) is 54.6 Å². The normalized spacial score (nSPS) is 14.4. The highest BCUT2D eigenvalue weighted by molar-refractivity contribution is 7.13. The average Bonchev–Trinajstić information content (AvgIpc) is 3.35. The molecule has 0 amide bonds. The van der Waals surface area contributed by atoms with Gasteiger partial charge in [0.05, 0.1) is 35.9 Å². The van der Waals surface area contributed by atoms with Crippen molar-refractivity contribution in [2.24, 2.45) is 0 Å². The van der Waals surface area contributed by atoms with Crippen LogP contribution in [0.5, 0.6) is 5.75 Å². The van der Waals surface area contributed by atoms with Crippen LogP contribution in [-0.2, 0) is 6.54 Å². The molecule has 2 aromatic heterocycles. The summed E-state index contributed by atoms with van der Waals surface area (Å²) in [7, 11) is 1.68. The van der Waals surface area contributed by atoms with E-state index in [9.17, 15) is 4.79 Å². The minimum atomic E-state index is -0.306. The molecule has 0 aliphatic carbocycles. The minimum absolute atomic E-state index is 0.202. The fraction of sp³-hybridized carbons (Fsp3) is 0.240. The van der Waals surface area contributed by atoms with Crippen LogP contribution in [0.4, 0.5) is 5.69 Å². The molecule has 0 spiro atoms. The second kappa shape index (κ2) is 9.97. The second-order valence-corrected chi connectivity index (χ2v) is 9.24. The number of ether oxygens (including phenoxy) is 1. The van der Waals surface area contributed by atoms with Crippen LogP contribution in [0.2, 0.25) is 5.02 Å². The van der Waals surface area contributed by atoms with Crippen LogP contribution in [0, 0.1) is 0 Å². The molecule has 4 aromatic rings. The molecule has 3 heterocycles. The molecule has 7 nitrogen and oxygen atoms in total. The first kappa shape index (κ1) is 22.6. The summed E-state index contributed by atoms with van der Waals surface area (Å²) in [5.74, 6) is 0.830. The predicted octanol–water partition coefficient (Wildman–Crippen LogP) is 4.34. The van der Waals surface area contributed by atoms with Gasteiger partial charge in [-0.1, -0.05) is 41.9 Å². The van der Waals surface area contributed by atoms with Gasteiger partial charge in [-0.2, -0.15) is 9.78 Å². The topological polar surface area (TPSA) is 63.5 Å². The molecule has 1 aliphatic rings. The Kier molecular flexibility index (Phi) is 6.62. The molecule has 1 aliphatic heterocycles. The van der Waals surface area contributed by atoms with E-state index >= 15 is 0 Å². The SMILES string of the molecule is COc1ccccc1-c1nc(CN2CCN(c3cnn(-c4ccccc4)c(=O)c3Cl)CC2)cs1. The van der Waals surface area contributed by atoms with E-state index in [-0.39, 0.29) is 10.6 Å². The Labute approximate surface area is 206 Å². The third-order valence-corrected chi connectivity index (χ3v) is 7.17. The first-order chi connectivity index (χ1) is 16.6. The van der Waals surface area contributed by atoms with E-state index in [2.05, 4.69) is 20.3 Å². The highest BCUT2D eigenvalue weighted by Gasteiger charge is 2.22. The molecule has 0 unspecified atom stereocenters. The number of aromatic nitrogens is 3. The summed E-state index contributed by atoms with van der Waals surface area (Å²) < 4.78 is 6.81. The smallest absolute Gasteiger partial charge is 0.292 e. The molecule has 5 rings (SSSR count). The van der Waals surface area contributed by atoms with E-state index in [0.717, 1.165) is 54.7 Å². The van der Waals surface area contributed by atoms with Crippen LogP contribution in [0.15, 0.2) is 71.0 Å². The number of thiazole rings is 1. The number of hydrogen-bond donors (Lipinski definition) is 0. The molecular formula is C25H24ClN5O2S. The molecule has 174 valence electrons. The third-order valence-electron chi connectivity index (χ3n) is 5.89. The van der Waals surface area contributed by atoms with E-state index in [1.54, 1.807) is 24.6 Å². The van der Waals surface area contributed by atoms with E-state index in [1.165, 1.54) is 4.68 Å². The fourth-order valence-corrected chi connectivity index (χ4v) is 5.19. The van der Waals surface area contributed by atoms with Crippen LogP contribution < -0.4 is 15.2 Å². The summed E-state index contributed by atoms with van der Waals surface area (Å²) in [4.78, 5) is 22.1. The Morgan fingerprint density at radius 1 is 1.03 bits per heavy atom. The van der Waals surface area contributed by atoms with E-state index < -0.39 is 0 Å². The van der Waals surface area contributed by atoms with Crippen LogP contribution in [-0.4, -0.2) is 53.0 Å². The number of halogens is 1. The first-order valence-electron chi connectivity index (χ1n) is 11.0. The van der Waals surface area contributed by atoms with E-state index in [0.29, 0.717) is 11.4 Å². The summed E-state index contributed by atoms with van der Waals surface area (Å²) in [5, 5.41) is 7.63. The predicted molar refractivity (Wildman–Crippen MR) is 136 cm³/mol. The molecule has 34 heavy (non-hydrogen) atoms. The molecule has 2 aromatic carbocycles. The summed E-state index contributed by atoms with van der Waals surface area (Å²) >= 11 is 8.12. The lowest BCUT2D eigenvalue weighted by Crippen LogP contribution is -2.46. The van der Waals surface area contributed by atoms with Crippen molar-refractivity contribution in [2.45, 2.75) is 6.54 Å². The van der Waals surface area contributed by atoms with Crippen LogP contribution in [0.3, 0.4) is 0 Å². The molecule has 1 saturated heterocycles. The summed E-state index contributed by atoms with van der Waals surface area (Å²) in [5.41, 5.74) is 3.13. The molecule has 0 saturated carbocycles. The van der Waals surface area contributed by atoms with Gasteiger partial charge >= 0.3 is 0 Å². The third kappa shape index (κ3) is 4.57. The first-order valence-corrected chi connectivity index (χ1v) is 12.3. The number of anilines is 1. The Bertz CT molecular complexity index is 1330. The van der Waals surface area contributed by atoms with Gasteiger partial charge in [-0.3, -0.25) is 9.69 Å². The number of rotatable bonds is 6. The standard InChI is InChI=1S/C25H24ClN5O2S/c1-33-22-10-6-5-9-20(22)24-28-18(17-34-24)16-29-11-13-30(14-12-29)21-15-27-31(25(32)23(21)26)19-7-3-2-4-8-19/h2-10,15,17H,11-14,16H2,1H3. The summed E-state index contributed by atoms with van der Waals surface area (Å²) in [6, 6.07) is 17.2. The maximum Gasteiger partial charge on any atom is 0.292 e. The van der Waals surface area contributed by atoms with Crippen molar-refractivity contribution in [1.82, 2.24) is 19.7 Å². The van der Waals surface area contributed by atoms with Crippen LogP contribution in [0.1, 0.15) is 5.69 Å². The van der Waals surface area contributed by atoms with Gasteiger partial charge in [-0.05, 0) is 24.3 Å². The lowest BCUT2D eigenvalue weighted by Gasteiger charge is -2.35. The lowest BCUT2D eigenvalue weighted by atomic mass is 10.2. The van der Waals surface area contributed by atoms with Gasteiger partial charge in [0.25, 0.3) is 5.56 Å². The monoisotopic (exact) mass is 493 g/mol. The Morgan fingerprint density at radius 3 is 2.53 bits per heavy atom. The number of methoxy groups -OCH3 is 1. The van der Waals surface area contributed by atoms with Crippen molar-refractivity contribution in [1.29, 1.82) is 0 Å². The fourth-order valence-electron chi connectivity index (χ4n) is 4.10. The van der Waals surface area contributed by atoms with Crippen molar-refractivity contribution in [2.75, 3.05) is 38.2 Å². The van der Waals surface area contributed by atoms with Crippen molar-refractivity contribution in [3.8, 4) is 22.0 Å². The van der Waals surface area contributed by atoms with Crippen molar-refractivity contribution < 1.29 is 4.74 Å². The molecule has 0 N–H and O–H groups in total. The second-order valence-electron chi connectivity index (χ2n) is 8.00. The number of hydrogen-bond acceptors (Lipinski definition) is 7. The summed E-state index contributed by atoms with van der Waals surface area (Å²) in [6.45, 7) is 4.00. The van der Waals surface area contributed by atoms with Gasteiger partial charge in [-0.15, -0.1) is 11.3 Å². The number of nitrogens with zero attached hydrogens (tertiary/aromatic N) is 5. The largest absolute Gasteiger partial charge is 0.496 e. The van der Waals surface area contributed by atoms with Crippen molar-refractivity contribution >= 4 is 28.6 Å². The minimum Gasteiger partial charge on any atom is -0.496 e. The van der Waals surface area contributed by atoms with Gasteiger partial charge in [-0.25, -0.2) is 4.98 Å². The maximum absolute atomic E-state index is 12.8. The van der Waals surface area contributed by atoms with Gasteiger partial charge in [0, 0.05) is 38.1 Å². The summed E-state index contributed by atoms with van der Waals surface area (Å²) in [6.07, 6.45) is 1.69. The Hall–Kier alpha value is -3.20. The molecule has 0 bridgehead atoms. The molecule has 9 heteroatoms. The highest BCUT2D eigenvalue weighted by Crippen LogP contribution is 2.32. The maximum atomic E-state index is 12.8. The molecule has 1 fully saturated rings. The van der Waals surface area contributed by atoms with Gasteiger partial charge in [0.15, 0.2) is 0 Å².